The van der Waals surface area contributed by atoms with Crippen LogP contribution in [0.15, 0.2) is 23.3 Å². The Kier molecular flexibility index (Phi) is 6.27. The maximum Gasteiger partial charge on any atom is 0.303 e. The molecule has 2 N–H and O–H groups in total. The lowest BCUT2D eigenvalue weighted by Crippen LogP contribution is -2.39. The first-order valence-corrected chi connectivity index (χ1v) is 8.36. The Bertz CT molecular complexity index is 712. The number of carbonyl (C=O) groups is 3. The number of hydrogen-bond donors (Lipinski definition) is 2. The van der Waals surface area contributed by atoms with Crippen LogP contribution in [0, 0.1) is 13.8 Å². The minimum Gasteiger partial charge on any atom is -0.481 e. The van der Waals surface area contributed by atoms with Crippen molar-refractivity contribution >= 4 is 29.2 Å². The highest BCUT2D eigenvalue weighted by Gasteiger charge is 2.26. The molecule has 0 aromatic heterocycles. The van der Waals surface area contributed by atoms with E-state index in [9.17, 15) is 14.4 Å². The van der Waals surface area contributed by atoms with Crippen molar-refractivity contribution in [1.82, 2.24) is 5.32 Å². The van der Waals surface area contributed by atoms with Crippen molar-refractivity contribution in [3.8, 4) is 0 Å². The molecule has 0 spiro atoms. The predicted molar refractivity (Wildman–Crippen MR) is 94.6 cm³/mol. The highest BCUT2D eigenvalue weighted by atomic mass is 16.4. The van der Waals surface area contributed by atoms with Gasteiger partial charge in [-0.05, 0) is 43.9 Å². The maximum atomic E-state index is 12.2. The highest BCUT2D eigenvalue weighted by Crippen LogP contribution is 2.25. The van der Waals surface area contributed by atoms with Crippen molar-refractivity contribution in [1.29, 1.82) is 0 Å². The molecule has 0 unspecified atom stereocenters. The van der Waals surface area contributed by atoms with Crippen LogP contribution in [-0.2, 0) is 14.4 Å². The molecule has 0 radical (unpaired) electrons. The molecule has 2 amide bonds. The van der Waals surface area contributed by atoms with E-state index in [1.807, 2.05) is 32.0 Å². The van der Waals surface area contributed by atoms with Crippen LogP contribution in [0.25, 0.3) is 0 Å². The Hall–Kier alpha value is -2.70. The number of aryl methyl sites for hydroxylation is 2. The van der Waals surface area contributed by atoms with Gasteiger partial charge in [-0.25, -0.2) is 5.01 Å². The molecule has 1 heterocycles. The second-order valence-electron chi connectivity index (χ2n) is 6.15. The van der Waals surface area contributed by atoms with Crippen molar-refractivity contribution in [3.05, 3.63) is 29.3 Å². The fourth-order valence-corrected chi connectivity index (χ4v) is 2.56. The molecule has 0 fully saturated rings. The number of benzene rings is 1. The summed E-state index contributed by atoms with van der Waals surface area (Å²) in [4.78, 5) is 34.9. The fraction of sp³-hybridized carbons (Fsp3) is 0.444. The van der Waals surface area contributed by atoms with Crippen LogP contribution in [0.3, 0.4) is 0 Å². The zero-order valence-corrected chi connectivity index (χ0v) is 14.5. The molecule has 0 saturated carbocycles. The summed E-state index contributed by atoms with van der Waals surface area (Å²) in [5, 5.41) is 16.9. The first-order valence-electron chi connectivity index (χ1n) is 8.36. The number of amides is 2. The fourth-order valence-electron chi connectivity index (χ4n) is 2.56. The molecule has 7 heteroatoms. The van der Waals surface area contributed by atoms with Gasteiger partial charge in [0, 0.05) is 25.8 Å². The molecule has 0 aliphatic carbocycles. The van der Waals surface area contributed by atoms with Crippen molar-refractivity contribution in [3.63, 3.8) is 0 Å². The van der Waals surface area contributed by atoms with Crippen molar-refractivity contribution in [2.75, 3.05) is 11.6 Å². The van der Waals surface area contributed by atoms with E-state index in [2.05, 4.69) is 10.4 Å². The number of carbonyl (C=O) groups excluding carboxylic acids is 2. The minimum atomic E-state index is -0.842. The molecule has 134 valence electrons. The Morgan fingerprint density at radius 3 is 2.72 bits per heavy atom. The molecule has 1 aromatic carbocycles. The van der Waals surface area contributed by atoms with Gasteiger partial charge in [0.15, 0.2) is 0 Å². The zero-order chi connectivity index (χ0) is 18.4. The number of nitrogens with one attached hydrogen (secondary N) is 1. The van der Waals surface area contributed by atoms with Crippen LogP contribution in [0.2, 0.25) is 0 Å². The Morgan fingerprint density at radius 1 is 1.24 bits per heavy atom. The lowest BCUT2D eigenvalue weighted by molar-refractivity contribution is -0.137. The summed E-state index contributed by atoms with van der Waals surface area (Å²) in [7, 11) is 0. The molecule has 0 bridgehead atoms. The highest BCUT2D eigenvalue weighted by molar-refractivity contribution is 6.40. The van der Waals surface area contributed by atoms with Crippen LogP contribution < -0.4 is 10.3 Å². The molecule has 7 nitrogen and oxygen atoms in total. The average molecular weight is 345 g/mol. The molecule has 25 heavy (non-hydrogen) atoms. The second-order valence-corrected chi connectivity index (χ2v) is 6.15. The van der Waals surface area contributed by atoms with E-state index in [1.54, 1.807) is 0 Å². The number of carboxylic acid groups (broad SMARTS) is 1. The lowest BCUT2D eigenvalue weighted by Gasteiger charge is -2.24. The van der Waals surface area contributed by atoms with E-state index in [0.717, 1.165) is 11.1 Å². The number of hydrazone groups is 1. The smallest absolute Gasteiger partial charge is 0.303 e. The molecular formula is C18H23N3O4. The molecule has 2 rings (SSSR count). The molecule has 0 atom stereocenters. The zero-order valence-electron chi connectivity index (χ0n) is 14.5. The first kappa shape index (κ1) is 18.6. The number of carboxylic acids is 1. The number of aliphatic carboxylic acids is 1. The van der Waals surface area contributed by atoms with E-state index in [4.69, 9.17) is 5.11 Å². The number of hydrogen-bond acceptors (Lipinski definition) is 4. The van der Waals surface area contributed by atoms with Crippen LogP contribution in [-0.4, -0.2) is 35.1 Å². The van der Waals surface area contributed by atoms with Gasteiger partial charge in [0.25, 0.3) is 5.91 Å². The van der Waals surface area contributed by atoms with E-state index in [0.29, 0.717) is 37.2 Å². The van der Waals surface area contributed by atoms with Crippen LogP contribution in [0.4, 0.5) is 5.69 Å². The molecule has 0 saturated heterocycles. The Labute approximate surface area is 146 Å². The summed E-state index contributed by atoms with van der Waals surface area (Å²) in [6.07, 6.45) is 1.73. The molecule has 1 aliphatic heterocycles. The minimum absolute atomic E-state index is 0.0890. The monoisotopic (exact) mass is 345 g/mol. The summed E-state index contributed by atoms with van der Waals surface area (Å²) in [6, 6.07) is 5.76. The van der Waals surface area contributed by atoms with Crippen molar-refractivity contribution in [2.24, 2.45) is 5.10 Å². The third kappa shape index (κ3) is 5.14. The molecule has 1 aromatic rings. The van der Waals surface area contributed by atoms with Crippen LogP contribution in [0.5, 0.6) is 0 Å². The second kappa shape index (κ2) is 8.41. The lowest BCUT2D eigenvalue weighted by atomic mass is 10.1. The van der Waals surface area contributed by atoms with Gasteiger partial charge in [0.1, 0.15) is 5.71 Å². The SMILES string of the molecule is Cc1ccc(C)c(N2N=C(C(=O)NCCCCC(=O)O)CCC2=O)c1. The van der Waals surface area contributed by atoms with E-state index in [1.165, 1.54) is 5.01 Å². The molecule has 1 aliphatic rings. The van der Waals surface area contributed by atoms with Crippen molar-refractivity contribution < 1.29 is 19.5 Å². The van der Waals surface area contributed by atoms with Gasteiger partial charge in [-0.15, -0.1) is 0 Å². The van der Waals surface area contributed by atoms with Gasteiger partial charge >= 0.3 is 5.97 Å². The summed E-state index contributed by atoms with van der Waals surface area (Å²) in [6.45, 7) is 4.22. The molecular weight excluding hydrogens is 322 g/mol. The topological polar surface area (TPSA) is 99.1 Å². The third-order valence-corrected chi connectivity index (χ3v) is 3.99. The Morgan fingerprint density at radius 2 is 2.00 bits per heavy atom. The van der Waals surface area contributed by atoms with Crippen molar-refractivity contribution in [2.45, 2.75) is 46.0 Å². The van der Waals surface area contributed by atoms with Gasteiger partial charge in [-0.1, -0.05) is 12.1 Å². The predicted octanol–water partition coefficient (Wildman–Crippen LogP) is 2.16. The summed E-state index contributed by atoms with van der Waals surface area (Å²) in [5.41, 5.74) is 2.94. The van der Waals surface area contributed by atoms with E-state index >= 15 is 0 Å². The summed E-state index contributed by atoms with van der Waals surface area (Å²) < 4.78 is 0. The van der Waals surface area contributed by atoms with Gasteiger partial charge in [0.05, 0.1) is 5.69 Å². The number of unbranched alkanes of at least 4 members (excludes halogenated alkanes) is 1. The largest absolute Gasteiger partial charge is 0.481 e. The standard InChI is InChI=1S/C18H23N3O4/c1-12-6-7-13(2)15(11-12)21-16(22)9-8-14(20-21)18(25)19-10-4-3-5-17(23)24/h6-7,11H,3-5,8-10H2,1-2H3,(H,19,25)(H,23,24). The van der Waals surface area contributed by atoms with Crippen LogP contribution in [0.1, 0.15) is 43.2 Å². The quantitative estimate of drug-likeness (QED) is 0.740. The van der Waals surface area contributed by atoms with Gasteiger partial charge in [0.2, 0.25) is 5.91 Å². The maximum absolute atomic E-state index is 12.2. The van der Waals surface area contributed by atoms with Gasteiger partial charge in [-0.2, -0.15) is 5.10 Å². The first-order chi connectivity index (χ1) is 11.9. The number of anilines is 1. The van der Waals surface area contributed by atoms with Gasteiger partial charge in [-0.3, -0.25) is 14.4 Å². The average Bonchev–Trinajstić information content (AvgIpc) is 2.57. The van der Waals surface area contributed by atoms with Gasteiger partial charge < -0.3 is 10.4 Å². The van der Waals surface area contributed by atoms with E-state index < -0.39 is 5.97 Å². The van der Waals surface area contributed by atoms with E-state index in [-0.39, 0.29) is 24.7 Å². The summed E-state index contributed by atoms with van der Waals surface area (Å²) in [5.74, 6) is -1.28. The third-order valence-electron chi connectivity index (χ3n) is 3.99. The number of nitrogens with zero attached hydrogens (tertiary/aromatic N) is 2. The van der Waals surface area contributed by atoms with Crippen LogP contribution >= 0.6 is 0 Å². The summed E-state index contributed by atoms with van der Waals surface area (Å²) >= 11 is 0. The normalized spacial score (nSPS) is 14.2. The number of rotatable bonds is 7. The Balaban J connectivity index is 2.03.